The summed E-state index contributed by atoms with van der Waals surface area (Å²) in [5, 5.41) is 5.40. The molecule has 5 nitrogen and oxygen atoms in total. The number of carbonyl (C=O) groups is 2. The van der Waals surface area contributed by atoms with Crippen LogP contribution in [0.25, 0.3) is 0 Å². The molecule has 0 aliphatic carbocycles. The molecule has 1 fully saturated rings. The van der Waals surface area contributed by atoms with Crippen LogP contribution in [0.2, 0.25) is 0 Å². The molecule has 1 aromatic rings. The lowest BCUT2D eigenvalue weighted by Gasteiger charge is -2.30. The topological polar surface area (TPSA) is 61.4 Å². The van der Waals surface area contributed by atoms with E-state index < -0.39 is 11.7 Å². The minimum absolute atomic E-state index is 0.0390. The highest BCUT2D eigenvalue weighted by Crippen LogP contribution is 2.06. The summed E-state index contributed by atoms with van der Waals surface area (Å²) >= 11 is 0. The molecule has 108 valence electrons. The van der Waals surface area contributed by atoms with Gasteiger partial charge in [0.2, 0.25) is 0 Å². The Morgan fingerprint density at radius 1 is 1.15 bits per heavy atom. The number of nitrogens with zero attached hydrogens (tertiary/aromatic N) is 1. The summed E-state index contributed by atoms with van der Waals surface area (Å²) in [5.74, 6) is -0.965. The van der Waals surface area contributed by atoms with Gasteiger partial charge in [0.05, 0.1) is 5.56 Å². The number of likely N-dealkylation sites (tertiary alicyclic amines) is 1. The monoisotopic (exact) mass is 279 g/mol. The van der Waals surface area contributed by atoms with E-state index in [1.807, 2.05) is 0 Å². The molecule has 0 bridgehead atoms. The molecule has 1 saturated heterocycles. The van der Waals surface area contributed by atoms with Gasteiger partial charge in [-0.1, -0.05) is 12.1 Å². The third-order valence-corrected chi connectivity index (χ3v) is 3.18. The highest BCUT2D eigenvalue weighted by molar-refractivity contribution is 5.94. The van der Waals surface area contributed by atoms with Crippen molar-refractivity contribution in [1.29, 1.82) is 0 Å². The Morgan fingerprint density at radius 2 is 1.85 bits per heavy atom. The van der Waals surface area contributed by atoms with Crippen molar-refractivity contribution >= 4 is 11.9 Å². The molecular weight excluding hydrogens is 261 g/mol. The van der Waals surface area contributed by atoms with Gasteiger partial charge in [-0.05, 0) is 25.0 Å². The van der Waals surface area contributed by atoms with E-state index in [1.165, 1.54) is 18.2 Å². The number of nitrogens with one attached hydrogen (secondary N) is 2. The fourth-order valence-corrected chi connectivity index (χ4v) is 1.86. The molecule has 0 radical (unpaired) electrons. The lowest BCUT2D eigenvalue weighted by atomic mass is 10.2. The number of benzene rings is 1. The van der Waals surface area contributed by atoms with Gasteiger partial charge >= 0.3 is 6.03 Å². The van der Waals surface area contributed by atoms with Crippen molar-refractivity contribution in [3.05, 3.63) is 35.6 Å². The Balaban J connectivity index is 1.62. The molecule has 0 saturated carbocycles. The molecule has 3 amide bonds. The Kier molecular flexibility index (Phi) is 4.92. The maximum Gasteiger partial charge on any atom is 0.317 e. The van der Waals surface area contributed by atoms with Gasteiger partial charge in [0, 0.05) is 26.2 Å². The van der Waals surface area contributed by atoms with Crippen LogP contribution in [0.15, 0.2) is 24.3 Å². The maximum absolute atomic E-state index is 13.3. The lowest BCUT2D eigenvalue weighted by molar-refractivity contribution is 0.0949. The zero-order valence-corrected chi connectivity index (χ0v) is 11.2. The fraction of sp³-hybridized carbons (Fsp3) is 0.429. The van der Waals surface area contributed by atoms with Crippen molar-refractivity contribution in [3.63, 3.8) is 0 Å². The van der Waals surface area contributed by atoms with Crippen LogP contribution in [0.4, 0.5) is 9.18 Å². The molecule has 20 heavy (non-hydrogen) atoms. The summed E-state index contributed by atoms with van der Waals surface area (Å²) in [6.07, 6.45) is 1.67. The van der Waals surface area contributed by atoms with Crippen LogP contribution in [0, 0.1) is 5.82 Å². The predicted octanol–water partition coefficient (Wildman–Crippen LogP) is 1.36. The van der Waals surface area contributed by atoms with E-state index in [2.05, 4.69) is 10.6 Å². The van der Waals surface area contributed by atoms with E-state index in [9.17, 15) is 14.0 Å². The number of carbonyl (C=O) groups excluding carboxylic acids is 2. The van der Waals surface area contributed by atoms with Crippen molar-refractivity contribution < 1.29 is 14.0 Å². The molecule has 0 spiro atoms. The minimum atomic E-state index is -0.531. The van der Waals surface area contributed by atoms with E-state index in [0.29, 0.717) is 19.5 Å². The molecule has 1 aliphatic rings. The zero-order valence-electron chi connectivity index (χ0n) is 11.2. The van der Waals surface area contributed by atoms with Gasteiger partial charge in [-0.15, -0.1) is 0 Å². The van der Waals surface area contributed by atoms with Crippen molar-refractivity contribution in [2.24, 2.45) is 0 Å². The SMILES string of the molecule is O=C(NCCCNC(=O)N1CCC1)c1ccccc1F. The molecule has 1 aromatic carbocycles. The number of hydrogen-bond donors (Lipinski definition) is 2. The first-order chi connectivity index (χ1) is 9.68. The number of hydrogen-bond acceptors (Lipinski definition) is 2. The first-order valence-electron chi connectivity index (χ1n) is 6.74. The summed E-state index contributed by atoms with van der Waals surface area (Å²) in [7, 11) is 0. The Morgan fingerprint density at radius 3 is 2.50 bits per heavy atom. The highest BCUT2D eigenvalue weighted by atomic mass is 19.1. The standard InChI is InChI=1S/C14H18FN3O2/c15-12-6-2-1-5-11(12)13(19)16-7-3-8-17-14(20)18-9-4-10-18/h1-2,5-6H,3-4,7-10H2,(H,16,19)(H,17,20). The second-order valence-electron chi connectivity index (χ2n) is 4.66. The van der Waals surface area contributed by atoms with Crippen LogP contribution in [0.5, 0.6) is 0 Å². The third kappa shape index (κ3) is 3.69. The molecular formula is C14H18FN3O2. The molecule has 1 heterocycles. The van der Waals surface area contributed by atoms with Gasteiger partial charge in [-0.2, -0.15) is 0 Å². The number of rotatable bonds is 5. The lowest BCUT2D eigenvalue weighted by Crippen LogP contribution is -2.48. The van der Waals surface area contributed by atoms with Crippen LogP contribution in [0.3, 0.4) is 0 Å². The molecule has 2 N–H and O–H groups in total. The number of halogens is 1. The Bertz CT molecular complexity index is 489. The average molecular weight is 279 g/mol. The van der Waals surface area contributed by atoms with Gasteiger partial charge < -0.3 is 15.5 Å². The Labute approximate surface area is 117 Å². The van der Waals surface area contributed by atoms with E-state index in [0.717, 1.165) is 19.5 Å². The number of urea groups is 1. The van der Waals surface area contributed by atoms with E-state index in [-0.39, 0.29) is 11.6 Å². The van der Waals surface area contributed by atoms with Crippen LogP contribution in [-0.2, 0) is 0 Å². The summed E-state index contributed by atoms with van der Waals surface area (Å²) < 4.78 is 13.3. The van der Waals surface area contributed by atoms with Crippen molar-refractivity contribution in [2.75, 3.05) is 26.2 Å². The predicted molar refractivity (Wildman–Crippen MR) is 72.9 cm³/mol. The van der Waals surface area contributed by atoms with Crippen LogP contribution in [-0.4, -0.2) is 43.0 Å². The van der Waals surface area contributed by atoms with Crippen LogP contribution >= 0.6 is 0 Å². The normalized spacial score (nSPS) is 13.6. The van der Waals surface area contributed by atoms with E-state index >= 15 is 0 Å². The highest BCUT2D eigenvalue weighted by Gasteiger charge is 2.19. The molecule has 0 aromatic heterocycles. The van der Waals surface area contributed by atoms with Gasteiger partial charge in [-0.25, -0.2) is 9.18 Å². The van der Waals surface area contributed by atoms with Crippen molar-refractivity contribution in [2.45, 2.75) is 12.8 Å². The zero-order chi connectivity index (χ0) is 14.4. The van der Waals surface area contributed by atoms with Gasteiger partial charge in [0.15, 0.2) is 0 Å². The van der Waals surface area contributed by atoms with E-state index in [4.69, 9.17) is 0 Å². The van der Waals surface area contributed by atoms with Gasteiger partial charge in [0.25, 0.3) is 5.91 Å². The molecule has 6 heteroatoms. The fourth-order valence-electron chi connectivity index (χ4n) is 1.86. The average Bonchev–Trinajstić information content (AvgIpc) is 2.36. The van der Waals surface area contributed by atoms with Crippen LogP contribution < -0.4 is 10.6 Å². The van der Waals surface area contributed by atoms with Gasteiger partial charge in [0.1, 0.15) is 5.82 Å². The summed E-state index contributed by atoms with van der Waals surface area (Å²) in [6.45, 7) is 2.52. The van der Waals surface area contributed by atoms with Gasteiger partial charge in [-0.3, -0.25) is 4.79 Å². The third-order valence-electron chi connectivity index (χ3n) is 3.18. The van der Waals surface area contributed by atoms with Crippen molar-refractivity contribution in [3.8, 4) is 0 Å². The molecule has 2 rings (SSSR count). The smallest absolute Gasteiger partial charge is 0.317 e. The van der Waals surface area contributed by atoms with Crippen molar-refractivity contribution in [1.82, 2.24) is 15.5 Å². The molecule has 1 aliphatic heterocycles. The minimum Gasteiger partial charge on any atom is -0.352 e. The largest absolute Gasteiger partial charge is 0.352 e. The molecule has 0 unspecified atom stereocenters. The summed E-state index contributed by atoms with van der Waals surface area (Å²) in [6, 6.07) is 5.79. The number of amides is 3. The van der Waals surface area contributed by atoms with Crippen LogP contribution in [0.1, 0.15) is 23.2 Å². The Hall–Kier alpha value is -2.11. The molecule has 0 atom stereocenters. The maximum atomic E-state index is 13.3. The quantitative estimate of drug-likeness (QED) is 0.799. The second kappa shape index (κ2) is 6.88. The summed E-state index contributed by atoms with van der Waals surface area (Å²) in [5.41, 5.74) is 0.0390. The summed E-state index contributed by atoms with van der Waals surface area (Å²) in [4.78, 5) is 24.9. The van der Waals surface area contributed by atoms with E-state index in [1.54, 1.807) is 11.0 Å². The first kappa shape index (κ1) is 14.3. The first-order valence-corrected chi connectivity index (χ1v) is 6.74. The second-order valence-corrected chi connectivity index (χ2v) is 4.66.